The highest BCUT2D eigenvalue weighted by molar-refractivity contribution is 7.92. The number of rotatable bonds is 14. The Bertz CT molecular complexity index is 1360. The van der Waals surface area contributed by atoms with Crippen molar-refractivity contribution in [3.05, 3.63) is 101 Å². The number of carbonyl (C=O) groups excluding carboxylic acids is 2. The van der Waals surface area contributed by atoms with Crippen LogP contribution in [0, 0.1) is 13.8 Å². The molecule has 0 saturated heterocycles. The fraction of sp³-hybridized carbons (Fsp3) is 0.375. The average Bonchev–Trinajstić information content (AvgIpc) is 2.92. The minimum Gasteiger partial charge on any atom is -0.354 e. The van der Waals surface area contributed by atoms with Crippen molar-refractivity contribution in [2.45, 2.75) is 59.0 Å². The normalized spacial score (nSPS) is 12.0. The molecule has 1 N–H and O–H groups in total. The molecule has 0 aromatic heterocycles. The van der Waals surface area contributed by atoms with Crippen molar-refractivity contribution in [3.63, 3.8) is 0 Å². The van der Waals surface area contributed by atoms with Crippen molar-refractivity contribution in [2.75, 3.05) is 23.7 Å². The van der Waals surface area contributed by atoms with Crippen LogP contribution in [0.15, 0.2) is 78.9 Å². The van der Waals surface area contributed by atoms with Gasteiger partial charge >= 0.3 is 0 Å². The zero-order valence-electron chi connectivity index (χ0n) is 24.0. The molecule has 0 spiro atoms. The third kappa shape index (κ3) is 9.23. The first-order valence-corrected chi connectivity index (χ1v) is 15.6. The summed E-state index contributed by atoms with van der Waals surface area (Å²) in [6.07, 6.45) is 2.77. The molecule has 40 heavy (non-hydrogen) atoms. The zero-order valence-corrected chi connectivity index (χ0v) is 24.8. The van der Waals surface area contributed by atoms with Gasteiger partial charge in [0.2, 0.25) is 21.8 Å². The van der Waals surface area contributed by atoms with Crippen molar-refractivity contribution in [1.82, 2.24) is 10.2 Å². The molecule has 0 heterocycles. The Kier molecular flexibility index (Phi) is 11.3. The highest BCUT2D eigenvalue weighted by Gasteiger charge is 2.30. The molecule has 214 valence electrons. The number of benzene rings is 3. The summed E-state index contributed by atoms with van der Waals surface area (Å²) in [7, 11) is -3.54. The Balaban J connectivity index is 1.86. The van der Waals surface area contributed by atoms with Gasteiger partial charge in [0.15, 0.2) is 0 Å². The van der Waals surface area contributed by atoms with Gasteiger partial charge in [-0.1, -0.05) is 84.8 Å². The van der Waals surface area contributed by atoms with Gasteiger partial charge in [0, 0.05) is 32.5 Å². The van der Waals surface area contributed by atoms with Crippen LogP contribution in [0.3, 0.4) is 0 Å². The lowest BCUT2D eigenvalue weighted by Gasteiger charge is -2.32. The fourth-order valence-corrected chi connectivity index (χ4v) is 5.61. The molecule has 0 bridgehead atoms. The summed E-state index contributed by atoms with van der Waals surface area (Å²) in [6.45, 7) is 6.90. The van der Waals surface area contributed by atoms with Gasteiger partial charge in [-0.05, 0) is 49.9 Å². The first kappa shape index (κ1) is 30.9. The highest BCUT2D eigenvalue weighted by atomic mass is 32.2. The van der Waals surface area contributed by atoms with E-state index in [-0.39, 0.29) is 31.3 Å². The van der Waals surface area contributed by atoms with E-state index in [1.165, 1.54) is 10.6 Å². The summed E-state index contributed by atoms with van der Waals surface area (Å²) in [4.78, 5) is 28.9. The number of anilines is 1. The number of hydrogen-bond donors (Lipinski definition) is 1. The van der Waals surface area contributed by atoms with Gasteiger partial charge in [0.1, 0.15) is 6.04 Å². The van der Waals surface area contributed by atoms with Crippen LogP contribution in [0.1, 0.15) is 48.4 Å². The first-order valence-electron chi connectivity index (χ1n) is 13.8. The summed E-state index contributed by atoms with van der Waals surface area (Å²) < 4.78 is 26.5. The monoisotopic (exact) mass is 563 g/mol. The van der Waals surface area contributed by atoms with Crippen LogP contribution in [0.4, 0.5) is 5.69 Å². The van der Waals surface area contributed by atoms with Gasteiger partial charge in [-0.2, -0.15) is 0 Å². The molecule has 0 fully saturated rings. The number of nitrogens with zero attached hydrogens (tertiary/aromatic N) is 2. The van der Waals surface area contributed by atoms with E-state index in [1.807, 2.05) is 87.5 Å². The minimum atomic E-state index is -3.54. The SMILES string of the molecule is CCCNC(=O)[C@@H](Cc1ccccc1)N(Cc1cccc(C)c1)C(=O)CCCN(c1ccc(C)cc1)S(C)(=O)=O. The molecule has 0 aliphatic rings. The lowest BCUT2D eigenvalue weighted by Crippen LogP contribution is -2.50. The average molecular weight is 564 g/mol. The van der Waals surface area contributed by atoms with Crippen LogP contribution in [0.2, 0.25) is 0 Å². The van der Waals surface area contributed by atoms with Crippen molar-refractivity contribution in [2.24, 2.45) is 0 Å². The Labute approximate surface area is 239 Å². The second kappa shape index (κ2) is 14.7. The summed E-state index contributed by atoms with van der Waals surface area (Å²) in [5.74, 6) is -0.379. The second-order valence-corrected chi connectivity index (χ2v) is 12.2. The molecule has 0 aliphatic carbocycles. The van der Waals surface area contributed by atoms with Gasteiger partial charge in [0.05, 0.1) is 11.9 Å². The van der Waals surface area contributed by atoms with Crippen LogP contribution in [-0.2, 0) is 32.6 Å². The highest BCUT2D eigenvalue weighted by Crippen LogP contribution is 2.21. The number of sulfonamides is 1. The van der Waals surface area contributed by atoms with Gasteiger partial charge in [-0.15, -0.1) is 0 Å². The third-order valence-electron chi connectivity index (χ3n) is 6.73. The largest absolute Gasteiger partial charge is 0.354 e. The number of aryl methyl sites for hydroxylation is 2. The van der Waals surface area contributed by atoms with Crippen LogP contribution < -0.4 is 9.62 Å². The number of nitrogens with one attached hydrogen (secondary N) is 1. The Hall–Kier alpha value is -3.65. The molecule has 7 nitrogen and oxygen atoms in total. The molecule has 0 radical (unpaired) electrons. The van der Waals surface area contributed by atoms with Crippen LogP contribution in [0.5, 0.6) is 0 Å². The van der Waals surface area contributed by atoms with Crippen molar-refractivity contribution >= 4 is 27.5 Å². The number of hydrogen-bond acceptors (Lipinski definition) is 4. The molecule has 3 rings (SSSR count). The van der Waals surface area contributed by atoms with Gasteiger partial charge in [0.25, 0.3) is 0 Å². The molecule has 8 heteroatoms. The molecular formula is C32H41N3O4S. The summed E-state index contributed by atoms with van der Waals surface area (Å²) in [5, 5.41) is 2.99. The van der Waals surface area contributed by atoms with Crippen LogP contribution in [-0.4, -0.2) is 50.5 Å². The number of carbonyl (C=O) groups is 2. The smallest absolute Gasteiger partial charge is 0.243 e. The molecule has 2 amide bonds. The van der Waals surface area contributed by atoms with E-state index >= 15 is 0 Å². The quantitative estimate of drug-likeness (QED) is 0.299. The predicted molar refractivity (Wildman–Crippen MR) is 162 cm³/mol. The summed E-state index contributed by atoms with van der Waals surface area (Å²) in [6, 6.07) is 24.2. The van der Waals surface area contributed by atoms with E-state index in [4.69, 9.17) is 0 Å². The van der Waals surface area contributed by atoms with Gasteiger partial charge in [-0.25, -0.2) is 8.42 Å². The molecule has 0 aliphatic heterocycles. The second-order valence-electron chi connectivity index (χ2n) is 10.3. The van der Waals surface area contributed by atoms with Crippen LogP contribution in [0.25, 0.3) is 0 Å². The topological polar surface area (TPSA) is 86.8 Å². The van der Waals surface area contributed by atoms with E-state index < -0.39 is 16.1 Å². The van der Waals surface area contributed by atoms with E-state index in [9.17, 15) is 18.0 Å². The Morgan fingerprint density at radius 2 is 1.55 bits per heavy atom. The van der Waals surface area contributed by atoms with E-state index in [1.54, 1.807) is 17.0 Å². The first-order chi connectivity index (χ1) is 19.1. The van der Waals surface area contributed by atoms with Crippen molar-refractivity contribution in [3.8, 4) is 0 Å². The molecule has 0 saturated carbocycles. The number of amides is 2. The molecule has 3 aromatic rings. The lowest BCUT2D eigenvalue weighted by molar-refractivity contribution is -0.141. The molecule has 0 unspecified atom stereocenters. The van der Waals surface area contributed by atoms with Crippen LogP contribution >= 0.6 is 0 Å². The predicted octanol–water partition coefficient (Wildman–Crippen LogP) is 5.02. The fourth-order valence-electron chi connectivity index (χ4n) is 4.64. The van der Waals surface area contributed by atoms with Crippen molar-refractivity contribution in [1.29, 1.82) is 0 Å². The van der Waals surface area contributed by atoms with Crippen molar-refractivity contribution < 1.29 is 18.0 Å². The van der Waals surface area contributed by atoms with E-state index in [0.29, 0.717) is 25.1 Å². The molecular weight excluding hydrogens is 522 g/mol. The lowest BCUT2D eigenvalue weighted by atomic mass is 10.0. The maximum atomic E-state index is 13.8. The third-order valence-corrected chi connectivity index (χ3v) is 7.92. The standard InChI is InChI=1S/C32H41N3O4S/c1-5-20-33-32(37)30(23-27-12-7-6-8-13-27)34(24-28-14-9-11-26(3)22-28)31(36)15-10-21-35(40(4,38)39)29-18-16-25(2)17-19-29/h6-9,11-14,16-19,22,30H,5,10,15,20-21,23-24H2,1-4H3,(H,33,37)/t30-/m1/s1. The molecule has 3 aromatic carbocycles. The van der Waals surface area contributed by atoms with E-state index in [0.717, 1.165) is 28.7 Å². The summed E-state index contributed by atoms with van der Waals surface area (Å²) >= 11 is 0. The maximum Gasteiger partial charge on any atom is 0.243 e. The Morgan fingerprint density at radius 3 is 2.17 bits per heavy atom. The minimum absolute atomic E-state index is 0.107. The van der Waals surface area contributed by atoms with E-state index in [2.05, 4.69) is 5.32 Å². The van der Waals surface area contributed by atoms with Gasteiger partial charge in [-0.3, -0.25) is 13.9 Å². The summed E-state index contributed by atoms with van der Waals surface area (Å²) in [5.41, 5.74) is 4.57. The van der Waals surface area contributed by atoms with Gasteiger partial charge < -0.3 is 10.2 Å². The Morgan fingerprint density at radius 1 is 0.875 bits per heavy atom. The maximum absolute atomic E-state index is 13.8. The zero-order chi connectivity index (χ0) is 29.1. The molecule has 1 atom stereocenters.